The van der Waals surface area contributed by atoms with E-state index in [9.17, 15) is 22.8 Å². The molecule has 0 radical (unpaired) electrons. The number of hydrogen-bond donors (Lipinski definition) is 2. The van der Waals surface area contributed by atoms with Gasteiger partial charge in [-0.1, -0.05) is 0 Å². The minimum Gasteiger partial charge on any atom is -0.447 e. The minimum atomic E-state index is -4.11. The van der Waals surface area contributed by atoms with Gasteiger partial charge in [-0.05, 0) is 25.7 Å². The molecule has 0 aromatic heterocycles. The highest BCUT2D eigenvalue weighted by molar-refractivity contribution is 5.78. The highest BCUT2D eigenvalue weighted by Gasteiger charge is 2.63. The van der Waals surface area contributed by atoms with E-state index in [0.29, 0.717) is 32.8 Å². The van der Waals surface area contributed by atoms with E-state index in [2.05, 4.69) is 10.6 Å². The summed E-state index contributed by atoms with van der Waals surface area (Å²) in [6.07, 6.45) is -2.42. The highest BCUT2D eigenvalue weighted by atomic mass is 19.4. The molecule has 3 aliphatic heterocycles. The molecule has 3 saturated heterocycles. The van der Waals surface area contributed by atoms with Crippen LogP contribution < -0.4 is 10.6 Å². The largest absolute Gasteiger partial charge is 0.447 e. The molecule has 3 amide bonds. The summed E-state index contributed by atoms with van der Waals surface area (Å²) in [5.74, 6) is 0. The fraction of sp³-hybridized carbons (Fsp3) is 0.882. The summed E-state index contributed by atoms with van der Waals surface area (Å²) in [4.78, 5) is 27.1. The van der Waals surface area contributed by atoms with Crippen molar-refractivity contribution >= 4 is 12.1 Å². The number of nitrogens with one attached hydrogen (secondary N) is 2. The molecule has 3 heterocycles. The first-order valence-electron chi connectivity index (χ1n) is 9.42. The number of halogens is 3. The number of ether oxygens (including phenoxy) is 1. The van der Waals surface area contributed by atoms with Crippen molar-refractivity contribution in [1.29, 1.82) is 0 Å². The minimum absolute atomic E-state index is 0.0174. The third-order valence-electron chi connectivity index (χ3n) is 6.97. The average molecular weight is 388 g/mol. The summed E-state index contributed by atoms with van der Waals surface area (Å²) >= 11 is 0. The molecular weight excluding hydrogens is 365 g/mol. The van der Waals surface area contributed by atoms with Crippen LogP contribution in [0.15, 0.2) is 0 Å². The van der Waals surface area contributed by atoms with Crippen LogP contribution in [-0.4, -0.2) is 79.0 Å². The van der Waals surface area contributed by atoms with Crippen molar-refractivity contribution in [2.75, 3.05) is 39.3 Å². The molecule has 7 nitrogen and oxygen atoms in total. The SMILES string of the molecule is O=C1NC2(CO1)CN(C(=O)N1CC3(CC(NCC4(C(F)(F)F)CC4)C3)C1)C2. The fourth-order valence-electron chi connectivity index (χ4n) is 5.02. The van der Waals surface area contributed by atoms with Gasteiger partial charge in [0, 0.05) is 31.1 Å². The van der Waals surface area contributed by atoms with Crippen LogP contribution in [0, 0.1) is 10.8 Å². The van der Waals surface area contributed by atoms with Crippen molar-refractivity contribution in [3.63, 3.8) is 0 Å². The Morgan fingerprint density at radius 3 is 2.33 bits per heavy atom. The number of likely N-dealkylation sites (tertiary alicyclic amines) is 2. The summed E-state index contributed by atoms with van der Waals surface area (Å²) in [6, 6.07) is 0.0954. The summed E-state index contributed by atoms with van der Waals surface area (Å²) in [5.41, 5.74) is -1.84. The van der Waals surface area contributed by atoms with Crippen LogP contribution in [0.3, 0.4) is 0 Å². The van der Waals surface area contributed by atoms with Crippen molar-refractivity contribution in [2.45, 2.75) is 43.4 Å². The summed E-state index contributed by atoms with van der Waals surface area (Å²) < 4.78 is 43.8. The zero-order chi connectivity index (χ0) is 19.1. The number of urea groups is 1. The molecule has 0 aromatic carbocycles. The molecule has 0 aromatic rings. The van der Waals surface area contributed by atoms with Gasteiger partial charge in [0.2, 0.25) is 0 Å². The van der Waals surface area contributed by atoms with Gasteiger partial charge in [-0.3, -0.25) is 0 Å². The third kappa shape index (κ3) is 2.67. The zero-order valence-corrected chi connectivity index (χ0v) is 14.9. The first-order chi connectivity index (χ1) is 12.6. The van der Waals surface area contributed by atoms with E-state index in [4.69, 9.17) is 4.74 Å². The van der Waals surface area contributed by atoms with E-state index in [1.165, 1.54) is 0 Å². The maximum atomic E-state index is 13.0. The third-order valence-corrected chi connectivity index (χ3v) is 6.97. The Balaban J connectivity index is 1.03. The van der Waals surface area contributed by atoms with Crippen molar-refractivity contribution in [3.8, 4) is 0 Å². The van der Waals surface area contributed by atoms with Gasteiger partial charge < -0.3 is 25.2 Å². The first kappa shape index (κ1) is 17.4. The van der Waals surface area contributed by atoms with Gasteiger partial charge in [-0.15, -0.1) is 0 Å². The van der Waals surface area contributed by atoms with E-state index >= 15 is 0 Å². The number of rotatable bonds is 3. The molecule has 0 unspecified atom stereocenters. The van der Waals surface area contributed by atoms with Crippen LogP contribution in [0.4, 0.5) is 22.8 Å². The molecule has 2 spiro atoms. The molecule has 27 heavy (non-hydrogen) atoms. The zero-order valence-electron chi connectivity index (χ0n) is 14.9. The second-order valence-corrected chi connectivity index (χ2v) is 9.24. The second-order valence-electron chi connectivity index (χ2n) is 9.24. The number of alkyl halides is 3. The van der Waals surface area contributed by atoms with Crippen LogP contribution in [0.1, 0.15) is 25.7 Å². The standard InChI is InChI=1S/C17H23F3N4O3/c18-17(19,20)15(1-2-15)5-21-11-3-14(4-11)6-23(7-14)13(26)24-8-16(9-24)10-27-12(25)22-16/h11,21H,1-10H2,(H,22,25). The summed E-state index contributed by atoms with van der Waals surface area (Å²) in [6.45, 7) is 2.58. The second kappa shape index (κ2) is 5.21. The predicted molar refractivity (Wildman–Crippen MR) is 86.9 cm³/mol. The molecular formula is C17H23F3N4O3. The molecule has 5 aliphatic rings. The first-order valence-corrected chi connectivity index (χ1v) is 9.42. The van der Waals surface area contributed by atoms with Crippen molar-refractivity contribution < 1.29 is 27.5 Å². The maximum absolute atomic E-state index is 13.0. The van der Waals surface area contributed by atoms with Gasteiger partial charge in [0.25, 0.3) is 0 Å². The molecule has 10 heteroatoms. The molecule has 150 valence electrons. The lowest BCUT2D eigenvalue weighted by Crippen LogP contribution is -2.75. The lowest BCUT2D eigenvalue weighted by Gasteiger charge is -2.61. The lowest BCUT2D eigenvalue weighted by atomic mass is 9.60. The molecule has 2 aliphatic carbocycles. The van der Waals surface area contributed by atoms with E-state index in [-0.39, 0.29) is 36.9 Å². The van der Waals surface area contributed by atoms with Gasteiger partial charge in [0.05, 0.1) is 18.5 Å². The van der Waals surface area contributed by atoms with Crippen LogP contribution in [0.5, 0.6) is 0 Å². The monoisotopic (exact) mass is 388 g/mol. The number of cyclic esters (lactones) is 1. The number of amides is 3. The van der Waals surface area contributed by atoms with Crippen molar-refractivity contribution in [1.82, 2.24) is 20.4 Å². The fourth-order valence-corrected chi connectivity index (χ4v) is 5.02. The number of alkyl carbamates (subject to hydrolysis) is 1. The summed E-state index contributed by atoms with van der Waals surface area (Å²) in [5, 5.41) is 5.84. The Labute approximate surface area is 154 Å². The number of nitrogens with zero attached hydrogens (tertiary/aromatic N) is 2. The molecule has 5 rings (SSSR count). The number of carbonyl (C=O) groups is 2. The number of hydrogen-bond acceptors (Lipinski definition) is 4. The molecule has 5 fully saturated rings. The summed E-state index contributed by atoms with van der Waals surface area (Å²) in [7, 11) is 0. The predicted octanol–water partition coefficient (Wildman–Crippen LogP) is 1.30. The maximum Gasteiger partial charge on any atom is 0.407 e. The Kier molecular flexibility index (Phi) is 3.36. The molecule has 2 N–H and O–H groups in total. The molecule has 0 atom stereocenters. The van der Waals surface area contributed by atoms with Crippen molar-refractivity contribution in [2.24, 2.45) is 10.8 Å². The van der Waals surface area contributed by atoms with Crippen molar-refractivity contribution in [3.05, 3.63) is 0 Å². The lowest BCUT2D eigenvalue weighted by molar-refractivity contribution is -0.187. The van der Waals surface area contributed by atoms with Gasteiger partial charge in [-0.25, -0.2) is 9.59 Å². The average Bonchev–Trinajstić information content (AvgIpc) is 3.18. The van der Waals surface area contributed by atoms with Gasteiger partial charge >= 0.3 is 18.3 Å². The number of carbonyl (C=O) groups excluding carboxylic acids is 2. The van der Waals surface area contributed by atoms with Gasteiger partial charge in [-0.2, -0.15) is 13.2 Å². The molecule has 2 saturated carbocycles. The highest BCUT2D eigenvalue weighted by Crippen LogP contribution is 2.57. The van der Waals surface area contributed by atoms with Gasteiger partial charge in [0.15, 0.2) is 0 Å². The Morgan fingerprint density at radius 1 is 1.19 bits per heavy atom. The van der Waals surface area contributed by atoms with E-state index in [1.807, 2.05) is 0 Å². The Morgan fingerprint density at radius 2 is 1.81 bits per heavy atom. The van der Waals surface area contributed by atoms with Crippen LogP contribution >= 0.6 is 0 Å². The van der Waals surface area contributed by atoms with E-state index in [1.54, 1.807) is 9.80 Å². The van der Waals surface area contributed by atoms with Crippen LogP contribution in [0.25, 0.3) is 0 Å². The Hall–Kier alpha value is -1.71. The van der Waals surface area contributed by atoms with E-state index in [0.717, 1.165) is 12.8 Å². The van der Waals surface area contributed by atoms with E-state index < -0.39 is 23.2 Å². The van der Waals surface area contributed by atoms with Crippen LogP contribution in [0.2, 0.25) is 0 Å². The normalized spacial score (nSPS) is 29.7. The van der Waals surface area contributed by atoms with Gasteiger partial charge in [0.1, 0.15) is 12.1 Å². The van der Waals surface area contributed by atoms with Crippen LogP contribution in [-0.2, 0) is 4.74 Å². The molecule has 0 bridgehead atoms. The smallest absolute Gasteiger partial charge is 0.407 e. The Bertz CT molecular complexity index is 673. The topological polar surface area (TPSA) is 73.9 Å². The quantitative estimate of drug-likeness (QED) is 0.764.